The molecule has 0 amide bonds. The largest absolute Gasteiger partial charge is 0.424 e. The van der Waals surface area contributed by atoms with Crippen LogP contribution >= 0.6 is 11.6 Å². The third-order valence-corrected chi connectivity index (χ3v) is 7.59. The molecule has 4 rings (SSSR count). The summed E-state index contributed by atoms with van der Waals surface area (Å²) in [7, 11) is -4.04. The Morgan fingerprint density at radius 1 is 1.05 bits per heavy atom. The molecule has 7 nitrogen and oxygen atoms in total. The maximum Gasteiger partial charge on any atom is 0.336 e. The lowest BCUT2D eigenvalue weighted by molar-refractivity contribution is -0.136. The molecule has 0 bridgehead atoms. The van der Waals surface area contributed by atoms with E-state index in [4.69, 9.17) is 20.8 Å². The van der Waals surface area contributed by atoms with E-state index in [1.807, 2.05) is 19.9 Å². The van der Waals surface area contributed by atoms with Gasteiger partial charge in [-0.3, -0.25) is 0 Å². The zero-order valence-electron chi connectivity index (χ0n) is 20.4. The molecule has 1 atom stereocenters. The third-order valence-electron chi connectivity index (χ3n) is 5.81. The first kappa shape index (κ1) is 26.6. The number of sulfonamides is 1. The van der Waals surface area contributed by atoms with E-state index in [0.717, 1.165) is 23.1 Å². The number of ether oxygens (including phenoxy) is 1. The second-order valence-electron chi connectivity index (χ2n) is 8.72. The standard InChI is InChI=1S/C28H26ClNO6S/c1-3-7-20-15-27(31)35-25-17-26(23(29)16-22(20)25)36-28(32)24(14-19-8-5-4-6-9-19)30-37(33,34)21-12-10-18(2)11-13-21/h4-6,8-13,15-17,24,30H,3,7,14H2,1-2H3. The molecule has 0 fully saturated rings. The van der Waals surface area contributed by atoms with Crippen LogP contribution in [0.25, 0.3) is 11.0 Å². The normalized spacial score (nSPS) is 12.4. The van der Waals surface area contributed by atoms with Crippen molar-refractivity contribution >= 4 is 38.6 Å². The molecular weight excluding hydrogens is 514 g/mol. The SMILES string of the molecule is CCCc1cc(=O)oc2cc(OC(=O)C(Cc3ccccc3)NS(=O)(=O)c3ccc(C)cc3)c(Cl)cc12. The number of halogens is 1. The van der Waals surface area contributed by atoms with Gasteiger partial charge >= 0.3 is 11.6 Å². The lowest BCUT2D eigenvalue weighted by Gasteiger charge is -2.19. The molecule has 0 saturated heterocycles. The number of esters is 1. The van der Waals surface area contributed by atoms with Crippen LogP contribution in [0.1, 0.15) is 30.0 Å². The van der Waals surface area contributed by atoms with E-state index < -0.39 is 27.7 Å². The van der Waals surface area contributed by atoms with Crippen LogP contribution in [0.15, 0.2) is 86.9 Å². The van der Waals surface area contributed by atoms with Crippen LogP contribution in [0.2, 0.25) is 5.02 Å². The number of hydrogen-bond acceptors (Lipinski definition) is 6. The number of carbonyl (C=O) groups excluding carboxylic acids is 1. The van der Waals surface area contributed by atoms with Crippen molar-refractivity contribution in [1.29, 1.82) is 0 Å². The maximum absolute atomic E-state index is 13.3. The summed E-state index contributed by atoms with van der Waals surface area (Å²) in [5.41, 5.74) is 2.11. The van der Waals surface area contributed by atoms with Crippen molar-refractivity contribution in [3.63, 3.8) is 0 Å². The molecular formula is C28H26ClNO6S. The van der Waals surface area contributed by atoms with Crippen molar-refractivity contribution in [2.75, 3.05) is 0 Å². The molecule has 1 heterocycles. The first-order chi connectivity index (χ1) is 17.7. The summed E-state index contributed by atoms with van der Waals surface area (Å²) in [5.74, 6) is -0.892. The van der Waals surface area contributed by atoms with Gasteiger partial charge in [0.1, 0.15) is 11.6 Å². The number of fused-ring (bicyclic) bond motifs is 1. The molecule has 4 aromatic rings. The highest BCUT2D eigenvalue weighted by Gasteiger charge is 2.28. The summed E-state index contributed by atoms with van der Waals surface area (Å²) < 4.78 is 39.5. The number of aryl methyl sites for hydroxylation is 2. The predicted octanol–water partition coefficient (Wildman–Crippen LogP) is 5.20. The fourth-order valence-electron chi connectivity index (χ4n) is 3.96. The van der Waals surface area contributed by atoms with E-state index in [1.54, 1.807) is 42.5 Å². The van der Waals surface area contributed by atoms with E-state index in [9.17, 15) is 18.0 Å². The topological polar surface area (TPSA) is 103 Å². The minimum atomic E-state index is -4.04. The zero-order valence-corrected chi connectivity index (χ0v) is 21.9. The van der Waals surface area contributed by atoms with E-state index in [1.165, 1.54) is 24.3 Å². The van der Waals surface area contributed by atoms with Crippen molar-refractivity contribution in [3.8, 4) is 5.75 Å². The fraction of sp³-hybridized carbons (Fsp3) is 0.214. The van der Waals surface area contributed by atoms with Gasteiger partial charge in [-0.2, -0.15) is 4.72 Å². The molecule has 1 N–H and O–H groups in total. The van der Waals surface area contributed by atoms with Crippen LogP contribution in [-0.2, 0) is 27.7 Å². The van der Waals surface area contributed by atoms with E-state index in [-0.39, 0.29) is 27.7 Å². The fourth-order valence-corrected chi connectivity index (χ4v) is 5.34. The summed E-state index contributed by atoms with van der Waals surface area (Å²) in [6.07, 6.45) is 1.51. The van der Waals surface area contributed by atoms with Gasteiger partial charge in [0.15, 0.2) is 5.75 Å². The summed E-state index contributed by atoms with van der Waals surface area (Å²) in [6, 6.07) is 18.4. The predicted molar refractivity (Wildman–Crippen MR) is 143 cm³/mol. The first-order valence-corrected chi connectivity index (χ1v) is 13.6. The second-order valence-corrected chi connectivity index (χ2v) is 10.8. The highest BCUT2D eigenvalue weighted by Crippen LogP contribution is 2.32. The smallest absolute Gasteiger partial charge is 0.336 e. The van der Waals surface area contributed by atoms with E-state index >= 15 is 0 Å². The number of carbonyl (C=O) groups is 1. The highest BCUT2D eigenvalue weighted by atomic mass is 35.5. The molecule has 0 spiro atoms. The molecule has 1 aromatic heterocycles. The van der Waals surface area contributed by atoms with E-state index in [2.05, 4.69) is 4.72 Å². The molecule has 37 heavy (non-hydrogen) atoms. The Labute approximate surface area is 220 Å². The molecule has 1 unspecified atom stereocenters. The summed E-state index contributed by atoms with van der Waals surface area (Å²) >= 11 is 6.43. The lowest BCUT2D eigenvalue weighted by Crippen LogP contribution is -2.44. The summed E-state index contributed by atoms with van der Waals surface area (Å²) in [6.45, 7) is 3.84. The summed E-state index contributed by atoms with van der Waals surface area (Å²) in [4.78, 5) is 25.4. The molecule has 0 aliphatic heterocycles. The Kier molecular flexibility index (Phi) is 8.12. The average molecular weight is 540 g/mol. The van der Waals surface area contributed by atoms with Crippen molar-refractivity contribution in [2.45, 2.75) is 44.0 Å². The molecule has 0 aliphatic carbocycles. The molecule has 3 aromatic carbocycles. The Balaban J connectivity index is 1.67. The van der Waals surface area contributed by atoms with Crippen LogP contribution in [0.4, 0.5) is 0 Å². The molecule has 0 aliphatic rings. The van der Waals surface area contributed by atoms with Gasteiger partial charge in [0.25, 0.3) is 0 Å². The van der Waals surface area contributed by atoms with Crippen LogP contribution in [0.3, 0.4) is 0 Å². The van der Waals surface area contributed by atoms with Gasteiger partial charge in [0, 0.05) is 17.5 Å². The average Bonchev–Trinajstić information content (AvgIpc) is 2.85. The van der Waals surface area contributed by atoms with Crippen LogP contribution < -0.4 is 15.1 Å². The van der Waals surface area contributed by atoms with Crippen molar-refractivity contribution in [2.24, 2.45) is 0 Å². The van der Waals surface area contributed by atoms with Gasteiger partial charge in [-0.05, 0) is 49.1 Å². The zero-order chi connectivity index (χ0) is 26.6. The van der Waals surface area contributed by atoms with Gasteiger partial charge < -0.3 is 9.15 Å². The minimum Gasteiger partial charge on any atom is -0.424 e. The minimum absolute atomic E-state index is 0.0259. The van der Waals surface area contributed by atoms with Crippen LogP contribution in [0.5, 0.6) is 5.75 Å². The van der Waals surface area contributed by atoms with Gasteiger partial charge in [-0.15, -0.1) is 0 Å². The number of nitrogens with one attached hydrogen (secondary N) is 1. The first-order valence-electron chi connectivity index (χ1n) is 11.8. The third kappa shape index (κ3) is 6.46. The Bertz CT molecular complexity index is 1580. The Morgan fingerprint density at radius 2 is 1.76 bits per heavy atom. The van der Waals surface area contributed by atoms with Crippen LogP contribution in [0, 0.1) is 6.92 Å². The van der Waals surface area contributed by atoms with Crippen molar-refractivity contribution in [1.82, 2.24) is 4.72 Å². The molecule has 9 heteroatoms. The van der Waals surface area contributed by atoms with Crippen molar-refractivity contribution in [3.05, 3.63) is 105 Å². The maximum atomic E-state index is 13.3. The van der Waals surface area contributed by atoms with Gasteiger partial charge in [0.2, 0.25) is 10.0 Å². The lowest BCUT2D eigenvalue weighted by atomic mass is 10.1. The Hall–Kier alpha value is -3.46. The van der Waals surface area contributed by atoms with Crippen molar-refractivity contribution < 1.29 is 22.4 Å². The number of benzene rings is 3. The monoisotopic (exact) mass is 539 g/mol. The Morgan fingerprint density at radius 3 is 2.43 bits per heavy atom. The number of rotatable bonds is 9. The van der Waals surface area contributed by atoms with Gasteiger partial charge in [0.05, 0.1) is 9.92 Å². The second kappa shape index (κ2) is 11.3. The van der Waals surface area contributed by atoms with E-state index in [0.29, 0.717) is 11.8 Å². The molecule has 192 valence electrons. The summed E-state index contributed by atoms with van der Waals surface area (Å²) in [5, 5.41) is 0.777. The molecule has 0 saturated carbocycles. The van der Waals surface area contributed by atoms with Gasteiger partial charge in [-0.1, -0.05) is 73.0 Å². The number of hydrogen-bond donors (Lipinski definition) is 1. The van der Waals surface area contributed by atoms with Gasteiger partial charge in [-0.25, -0.2) is 18.0 Å². The quantitative estimate of drug-likeness (QED) is 0.178. The highest BCUT2D eigenvalue weighted by molar-refractivity contribution is 7.89. The van der Waals surface area contributed by atoms with Crippen LogP contribution in [-0.4, -0.2) is 20.4 Å². The molecule has 0 radical (unpaired) electrons.